The highest BCUT2D eigenvalue weighted by atomic mass is 79.9. The third-order valence-corrected chi connectivity index (χ3v) is 4.86. The lowest BCUT2D eigenvalue weighted by molar-refractivity contribution is -0.385. The van der Waals surface area contributed by atoms with Crippen LogP contribution in [0, 0.1) is 17.0 Å². The van der Waals surface area contributed by atoms with E-state index >= 15 is 0 Å². The summed E-state index contributed by atoms with van der Waals surface area (Å²) in [7, 11) is 3.05. The predicted molar refractivity (Wildman–Crippen MR) is 118 cm³/mol. The second kappa shape index (κ2) is 10.4. The van der Waals surface area contributed by atoms with Crippen LogP contribution >= 0.6 is 15.9 Å². The van der Waals surface area contributed by atoms with Gasteiger partial charge < -0.3 is 19.5 Å². The molecule has 1 unspecified atom stereocenters. The van der Waals surface area contributed by atoms with Crippen molar-refractivity contribution in [3.63, 3.8) is 0 Å². The summed E-state index contributed by atoms with van der Waals surface area (Å²) in [5.74, 6) is 0.843. The number of ether oxygens (including phenoxy) is 3. The second-order valence-corrected chi connectivity index (χ2v) is 7.46. The molecule has 0 amide bonds. The first kappa shape index (κ1) is 23.6. The minimum Gasteiger partial charge on any atom is -0.493 e. The highest BCUT2D eigenvalue weighted by Crippen LogP contribution is 2.43. The zero-order valence-corrected chi connectivity index (χ0v) is 19.2. The lowest BCUT2D eigenvalue weighted by Crippen LogP contribution is -2.25. The van der Waals surface area contributed by atoms with Crippen LogP contribution in [0.1, 0.15) is 31.7 Å². The number of halogens is 1. The molecule has 0 saturated carbocycles. The van der Waals surface area contributed by atoms with E-state index in [4.69, 9.17) is 14.2 Å². The van der Waals surface area contributed by atoms with Gasteiger partial charge >= 0.3 is 11.6 Å². The molecule has 1 aromatic heterocycles. The topological polar surface area (TPSA) is 109 Å². The van der Waals surface area contributed by atoms with Gasteiger partial charge in [0, 0.05) is 7.11 Å². The molecule has 2 aromatic rings. The molecule has 0 aliphatic rings. The monoisotopic (exact) mass is 480 g/mol. The minimum atomic E-state index is -0.570. The van der Waals surface area contributed by atoms with Gasteiger partial charge in [0.15, 0.2) is 11.5 Å². The van der Waals surface area contributed by atoms with Gasteiger partial charge in [-0.1, -0.05) is 19.1 Å². The van der Waals surface area contributed by atoms with Crippen LogP contribution in [0.2, 0.25) is 0 Å². The highest BCUT2D eigenvalue weighted by Gasteiger charge is 2.29. The number of nitro groups is 1. The van der Waals surface area contributed by atoms with Crippen molar-refractivity contribution in [3.05, 3.63) is 44.7 Å². The number of benzene rings is 1. The number of aryl methyl sites for hydroxylation is 1. The number of aromatic nitrogens is 2. The fourth-order valence-corrected chi connectivity index (χ4v) is 3.22. The van der Waals surface area contributed by atoms with Crippen molar-refractivity contribution in [3.8, 4) is 17.4 Å². The molecule has 10 heteroatoms. The average molecular weight is 481 g/mol. The fraction of sp³-hybridized carbons (Fsp3) is 0.400. The number of hydrogen-bond donors (Lipinski definition) is 1. The second-order valence-electron chi connectivity index (χ2n) is 6.61. The molecule has 1 atom stereocenters. The molecule has 0 aliphatic heterocycles. The van der Waals surface area contributed by atoms with Gasteiger partial charge in [-0.2, -0.15) is 4.98 Å². The van der Waals surface area contributed by atoms with E-state index in [0.717, 1.165) is 11.1 Å². The lowest BCUT2D eigenvalue weighted by atomic mass is 10.1. The van der Waals surface area contributed by atoms with Crippen molar-refractivity contribution in [1.82, 2.24) is 9.97 Å². The molecule has 30 heavy (non-hydrogen) atoms. The zero-order valence-electron chi connectivity index (χ0n) is 17.6. The molecule has 2 rings (SSSR count). The third kappa shape index (κ3) is 5.45. The summed E-state index contributed by atoms with van der Waals surface area (Å²) in [6.07, 6.45) is 0.686. The first-order chi connectivity index (χ1) is 14.2. The molecule has 0 aliphatic carbocycles. The molecular weight excluding hydrogens is 456 g/mol. The van der Waals surface area contributed by atoms with E-state index in [0.29, 0.717) is 29.1 Å². The Morgan fingerprint density at radius 1 is 1.37 bits per heavy atom. The SMILES string of the molecule is C=C(C)c1cc(Br)c(Oc2nc(C)nc(NC(CC)COC)c2[N+](=O)[O-])c(OC)c1. The highest BCUT2D eigenvalue weighted by molar-refractivity contribution is 9.10. The Hall–Kier alpha value is -2.72. The van der Waals surface area contributed by atoms with E-state index in [2.05, 4.69) is 37.8 Å². The van der Waals surface area contributed by atoms with E-state index in [1.54, 1.807) is 26.2 Å². The van der Waals surface area contributed by atoms with Crippen LogP contribution in [0.3, 0.4) is 0 Å². The molecule has 0 fully saturated rings. The summed E-state index contributed by atoms with van der Waals surface area (Å²) >= 11 is 3.44. The van der Waals surface area contributed by atoms with Crippen molar-refractivity contribution in [1.29, 1.82) is 0 Å². The van der Waals surface area contributed by atoms with E-state index < -0.39 is 4.92 Å². The molecule has 0 radical (unpaired) electrons. The van der Waals surface area contributed by atoms with Gasteiger partial charge in [0.2, 0.25) is 5.82 Å². The first-order valence-electron chi connectivity index (χ1n) is 9.21. The molecule has 0 spiro atoms. The third-order valence-electron chi connectivity index (χ3n) is 4.27. The summed E-state index contributed by atoms with van der Waals surface area (Å²) in [4.78, 5) is 19.7. The number of methoxy groups -OCH3 is 2. The zero-order chi connectivity index (χ0) is 22.4. The van der Waals surface area contributed by atoms with Gasteiger partial charge in [-0.15, -0.1) is 0 Å². The quantitative estimate of drug-likeness (QED) is 0.368. The van der Waals surface area contributed by atoms with Crippen LogP contribution < -0.4 is 14.8 Å². The van der Waals surface area contributed by atoms with Gasteiger partial charge in [0.05, 0.1) is 29.2 Å². The van der Waals surface area contributed by atoms with E-state index in [1.807, 2.05) is 13.8 Å². The average Bonchev–Trinajstić information content (AvgIpc) is 2.68. The number of anilines is 1. The van der Waals surface area contributed by atoms with Crippen molar-refractivity contribution >= 4 is 33.0 Å². The van der Waals surface area contributed by atoms with Crippen molar-refractivity contribution < 1.29 is 19.1 Å². The van der Waals surface area contributed by atoms with Gasteiger partial charge in [-0.05, 0) is 53.9 Å². The molecule has 1 heterocycles. The minimum absolute atomic E-state index is 0.0695. The maximum absolute atomic E-state index is 11.9. The molecule has 1 aromatic carbocycles. The normalized spacial score (nSPS) is 11.7. The molecule has 162 valence electrons. The fourth-order valence-electron chi connectivity index (χ4n) is 2.70. The molecular formula is C20H25BrN4O5. The summed E-state index contributed by atoms with van der Waals surface area (Å²) in [6, 6.07) is 3.38. The number of nitrogens with zero attached hydrogens (tertiary/aromatic N) is 3. The van der Waals surface area contributed by atoms with Crippen molar-refractivity contribution in [2.75, 3.05) is 26.1 Å². The maximum Gasteiger partial charge on any atom is 0.373 e. The maximum atomic E-state index is 11.9. The summed E-state index contributed by atoms with van der Waals surface area (Å²) in [6.45, 7) is 9.73. The molecule has 0 bridgehead atoms. The molecule has 1 N–H and O–H groups in total. The van der Waals surface area contributed by atoms with Crippen LogP contribution in [0.25, 0.3) is 5.57 Å². The van der Waals surface area contributed by atoms with E-state index in [-0.39, 0.29) is 29.2 Å². The Balaban J connectivity index is 2.57. The van der Waals surface area contributed by atoms with Crippen LogP contribution in [0.15, 0.2) is 23.2 Å². The number of allylic oxidation sites excluding steroid dienone is 1. The van der Waals surface area contributed by atoms with Crippen molar-refractivity contribution in [2.45, 2.75) is 33.2 Å². The Kier molecular flexibility index (Phi) is 8.13. The number of hydrogen-bond acceptors (Lipinski definition) is 8. The number of nitrogens with one attached hydrogen (secondary N) is 1. The van der Waals surface area contributed by atoms with Crippen LogP contribution in [0.5, 0.6) is 17.4 Å². The summed E-state index contributed by atoms with van der Waals surface area (Å²) < 4.78 is 17.0. The van der Waals surface area contributed by atoms with Gasteiger partial charge in [0.1, 0.15) is 5.82 Å². The Morgan fingerprint density at radius 3 is 2.60 bits per heavy atom. The number of rotatable bonds is 10. The lowest BCUT2D eigenvalue weighted by Gasteiger charge is -2.18. The Labute approximate surface area is 183 Å². The van der Waals surface area contributed by atoms with Crippen LogP contribution in [-0.2, 0) is 4.74 Å². The largest absolute Gasteiger partial charge is 0.493 e. The Bertz CT molecular complexity index is 951. The van der Waals surface area contributed by atoms with Crippen molar-refractivity contribution in [2.24, 2.45) is 0 Å². The van der Waals surface area contributed by atoms with Gasteiger partial charge in [0.25, 0.3) is 0 Å². The summed E-state index contributed by atoms with van der Waals surface area (Å²) in [5, 5.41) is 14.9. The Morgan fingerprint density at radius 2 is 2.07 bits per heavy atom. The van der Waals surface area contributed by atoms with Crippen LogP contribution in [0.4, 0.5) is 11.5 Å². The molecule has 9 nitrogen and oxygen atoms in total. The standard InChI is InChI=1S/C20H25BrN4O5/c1-7-14(10-28-5)24-19-17(25(26)27)20(23-12(4)22-19)30-18-15(21)8-13(11(2)3)9-16(18)29-6/h8-9,14H,2,7,10H2,1,3-6H3,(H,22,23,24). The van der Waals surface area contributed by atoms with Crippen LogP contribution in [-0.4, -0.2) is 41.8 Å². The molecule has 0 saturated heterocycles. The first-order valence-corrected chi connectivity index (χ1v) is 10.0. The van der Waals surface area contributed by atoms with Gasteiger partial charge in [-0.25, -0.2) is 4.98 Å². The smallest absolute Gasteiger partial charge is 0.373 e. The predicted octanol–water partition coefficient (Wildman–Crippen LogP) is 5.13. The van der Waals surface area contributed by atoms with E-state index in [1.165, 1.54) is 7.11 Å². The van der Waals surface area contributed by atoms with Gasteiger partial charge in [-0.3, -0.25) is 10.1 Å². The summed E-state index contributed by atoms with van der Waals surface area (Å²) in [5.41, 5.74) is 1.31. The van der Waals surface area contributed by atoms with E-state index in [9.17, 15) is 10.1 Å².